The highest BCUT2D eigenvalue weighted by molar-refractivity contribution is 6.31. The van der Waals surface area contributed by atoms with Gasteiger partial charge < -0.3 is 0 Å². The quantitative estimate of drug-likeness (QED) is 0.457. The van der Waals surface area contributed by atoms with Crippen LogP contribution in [-0.4, -0.2) is 69.4 Å². The lowest BCUT2D eigenvalue weighted by Crippen LogP contribution is -2.61. The van der Waals surface area contributed by atoms with Gasteiger partial charge in [0.05, 0.1) is 12.8 Å². The van der Waals surface area contributed by atoms with E-state index in [4.69, 9.17) is 11.6 Å². The van der Waals surface area contributed by atoms with Gasteiger partial charge in [-0.3, -0.25) is 19.6 Å². The Morgan fingerprint density at radius 3 is 2.73 bits per heavy atom. The highest BCUT2D eigenvalue weighted by Crippen LogP contribution is 2.22. The lowest BCUT2D eigenvalue weighted by molar-refractivity contribution is -0.553. The number of carbonyl (C=O) groups is 2. The van der Waals surface area contributed by atoms with Crippen molar-refractivity contribution < 1.29 is 14.2 Å². The Bertz CT molecular complexity index is 1100. The van der Waals surface area contributed by atoms with E-state index < -0.39 is 12.1 Å². The third-order valence-electron chi connectivity index (χ3n) is 4.89. The lowest BCUT2D eigenvalue weighted by Gasteiger charge is -2.31. The summed E-state index contributed by atoms with van der Waals surface area (Å²) in [4.78, 5) is 36.3. The monoisotopic (exact) mass is 424 g/mol. The number of guanidine groups is 1. The number of hydrogen-bond donors (Lipinski definition) is 1. The second kappa shape index (κ2) is 8.03. The smallest absolute Gasteiger partial charge is 0.270 e. The Labute approximate surface area is 178 Å². The molecule has 4 rings (SSSR count). The van der Waals surface area contributed by atoms with E-state index in [9.17, 15) is 9.59 Å². The molecule has 1 aromatic heterocycles. The van der Waals surface area contributed by atoms with Crippen LogP contribution in [0.1, 0.15) is 11.1 Å². The summed E-state index contributed by atoms with van der Waals surface area (Å²) in [6.07, 6.45) is 4.94. The van der Waals surface area contributed by atoms with Gasteiger partial charge in [-0.25, -0.2) is 9.37 Å². The second-order valence-corrected chi connectivity index (χ2v) is 7.22. The molecule has 30 heavy (non-hydrogen) atoms. The van der Waals surface area contributed by atoms with Crippen molar-refractivity contribution in [1.29, 1.82) is 0 Å². The maximum absolute atomic E-state index is 12.9. The van der Waals surface area contributed by atoms with Crippen LogP contribution in [0.3, 0.4) is 0 Å². The fraction of sp³-hybridized carbons (Fsp3) is 0.200. The Kier molecular flexibility index (Phi) is 5.28. The van der Waals surface area contributed by atoms with Gasteiger partial charge in [-0.15, -0.1) is 5.10 Å². The van der Waals surface area contributed by atoms with Crippen molar-refractivity contribution in [2.24, 2.45) is 10.1 Å². The molecule has 152 valence electrons. The van der Waals surface area contributed by atoms with Crippen LogP contribution in [0.2, 0.25) is 5.02 Å². The van der Waals surface area contributed by atoms with Crippen molar-refractivity contribution in [2.75, 3.05) is 14.1 Å². The molecular weight excluding hydrogens is 406 g/mol. The standard InChI is InChI=1S/C20H18ClN7O2/c1-26-17-16(18(29)27(2)20(26)30)28(12-14-7-3-4-8-15(14)21)19(24-17)25-23-11-13-6-5-9-22-10-13/h3-11,16H,12H2,1-2H3/p+1/b23-11+. The van der Waals surface area contributed by atoms with Crippen molar-refractivity contribution in [3.05, 3.63) is 64.9 Å². The van der Waals surface area contributed by atoms with Crippen molar-refractivity contribution in [1.82, 2.24) is 20.2 Å². The van der Waals surface area contributed by atoms with E-state index in [2.05, 4.69) is 20.5 Å². The SMILES string of the molecule is CN1C(=O)C2C(=NC(N/N=C/c3cccnc3)=[N+]2Cc2ccccc2Cl)N(C)C1=O. The van der Waals surface area contributed by atoms with Gasteiger partial charge in [0.15, 0.2) is 0 Å². The maximum atomic E-state index is 12.9. The number of benzene rings is 1. The van der Waals surface area contributed by atoms with Gasteiger partial charge in [-0.2, -0.15) is 5.43 Å². The predicted molar refractivity (Wildman–Crippen MR) is 113 cm³/mol. The van der Waals surface area contributed by atoms with Gasteiger partial charge in [-0.1, -0.05) is 40.9 Å². The number of rotatable bonds is 4. The molecule has 0 radical (unpaired) electrons. The van der Waals surface area contributed by atoms with Crippen molar-refractivity contribution >= 4 is 41.5 Å². The van der Waals surface area contributed by atoms with Gasteiger partial charge in [0.25, 0.3) is 5.91 Å². The zero-order valence-electron chi connectivity index (χ0n) is 16.4. The fourth-order valence-electron chi connectivity index (χ4n) is 3.28. The van der Waals surface area contributed by atoms with Crippen LogP contribution in [0, 0.1) is 0 Å². The number of nitrogens with zero attached hydrogens (tertiary/aromatic N) is 6. The average molecular weight is 425 g/mol. The van der Waals surface area contributed by atoms with Crippen LogP contribution in [0.4, 0.5) is 4.79 Å². The minimum absolute atomic E-state index is 0.309. The minimum Gasteiger partial charge on any atom is -0.270 e. The molecule has 2 aliphatic heterocycles. The van der Waals surface area contributed by atoms with Crippen LogP contribution in [0.15, 0.2) is 58.9 Å². The van der Waals surface area contributed by atoms with E-state index in [0.29, 0.717) is 23.4 Å². The molecule has 1 fully saturated rings. The molecule has 0 saturated carbocycles. The molecule has 1 saturated heterocycles. The summed E-state index contributed by atoms with van der Waals surface area (Å²) in [6, 6.07) is 9.84. The van der Waals surface area contributed by atoms with E-state index in [1.54, 1.807) is 42.4 Å². The molecule has 2 aromatic rings. The molecule has 0 bridgehead atoms. The van der Waals surface area contributed by atoms with Crippen LogP contribution < -0.4 is 5.43 Å². The summed E-state index contributed by atoms with van der Waals surface area (Å²) in [6.45, 7) is 0.309. The first-order chi connectivity index (χ1) is 14.5. The van der Waals surface area contributed by atoms with Crippen LogP contribution >= 0.6 is 11.6 Å². The molecule has 9 nitrogen and oxygen atoms in total. The first-order valence-corrected chi connectivity index (χ1v) is 9.55. The van der Waals surface area contributed by atoms with Crippen LogP contribution in [-0.2, 0) is 11.3 Å². The van der Waals surface area contributed by atoms with Crippen molar-refractivity contribution in [3.63, 3.8) is 0 Å². The second-order valence-electron chi connectivity index (χ2n) is 6.81. The number of amidine groups is 1. The largest absolute Gasteiger partial charge is 0.414 e. The number of imide groups is 1. The van der Waals surface area contributed by atoms with Crippen molar-refractivity contribution in [2.45, 2.75) is 12.6 Å². The van der Waals surface area contributed by atoms with Crippen molar-refractivity contribution in [3.8, 4) is 0 Å². The molecule has 0 aliphatic carbocycles. The average Bonchev–Trinajstić information content (AvgIpc) is 3.11. The number of aliphatic imine (C=N–C) groups is 1. The summed E-state index contributed by atoms with van der Waals surface area (Å²) in [5.74, 6) is 0.324. The number of hydrogen-bond acceptors (Lipinski definition) is 6. The molecule has 3 amide bonds. The first-order valence-electron chi connectivity index (χ1n) is 9.17. The molecular formula is C20H19ClN7O2+. The van der Waals surface area contributed by atoms with Gasteiger partial charge in [0, 0.05) is 42.6 Å². The van der Waals surface area contributed by atoms with E-state index in [1.165, 1.54) is 11.9 Å². The summed E-state index contributed by atoms with van der Waals surface area (Å²) < 4.78 is 1.75. The van der Waals surface area contributed by atoms with E-state index in [1.807, 2.05) is 24.3 Å². The summed E-state index contributed by atoms with van der Waals surface area (Å²) in [5.41, 5.74) is 4.51. The molecule has 10 heteroatoms. The number of likely N-dealkylation sites (N-methyl/N-ethyl adjacent to an activating group) is 2. The summed E-state index contributed by atoms with van der Waals surface area (Å²) >= 11 is 6.34. The number of nitrogens with one attached hydrogen (secondary N) is 1. The minimum atomic E-state index is -0.759. The third kappa shape index (κ3) is 3.55. The molecule has 1 atom stereocenters. The molecule has 1 unspecified atom stereocenters. The Hall–Kier alpha value is -3.59. The first kappa shape index (κ1) is 19.7. The number of fused-ring (bicyclic) bond motifs is 1. The molecule has 1 aromatic carbocycles. The highest BCUT2D eigenvalue weighted by Gasteiger charge is 2.51. The predicted octanol–water partition coefficient (Wildman–Crippen LogP) is 1.53. The number of aromatic nitrogens is 1. The summed E-state index contributed by atoms with van der Waals surface area (Å²) in [7, 11) is 3.05. The van der Waals surface area contributed by atoms with Gasteiger partial charge in [0.1, 0.15) is 0 Å². The Morgan fingerprint density at radius 1 is 1.20 bits per heavy atom. The fourth-order valence-corrected chi connectivity index (χ4v) is 3.48. The number of hydrazone groups is 1. The van der Waals surface area contributed by atoms with E-state index in [-0.39, 0.29) is 5.91 Å². The number of urea groups is 1. The normalized spacial score (nSPS) is 18.9. The lowest BCUT2D eigenvalue weighted by atomic mass is 10.1. The number of amides is 3. The van der Waals surface area contributed by atoms with E-state index in [0.717, 1.165) is 16.0 Å². The van der Waals surface area contributed by atoms with Gasteiger partial charge in [-0.05, 0) is 12.1 Å². The Balaban J connectivity index is 1.70. The third-order valence-corrected chi connectivity index (χ3v) is 5.26. The number of carbonyl (C=O) groups excluding carboxylic acids is 2. The summed E-state index contributed by atoms with van der Waals surface area (Å²) in [5, 5.41) is 4.80. The van der Waals surface area contributed by atoms with Crippen LogP contribution in [0.5, 0.6) is 0 Å². The van der Waals surface area contributed by atoms with Gasteiger partial charge >= 0.3 is 12.0 Å². The number of halogens is 1. The van der Waals surface area contributed by atoms with Gasteiger partial charge in [0.2, 0.25) is 11.9 Å². The Morgan fingerprint density at radius 2 is 2.00 bits per heavy atom. The highest BCUT2D eigenvalue weighted by atomic mass is 35.5. The maximum Gasteiger partial charge on any atom is 0.414 e. The molecule has 3 heterocycles. The topological polar surface area (TPSA) is 93.3 Å². The van der Waals surface area contributed by atoms with E-state index >= 15 is 0 Å². The number of pyridine rings is 1. The molecule has 2 aliphatic rings. The zero-order chi connectivity index (χ0) is 21.3. The molecule has 1 N–H and O–H groups in total. The van der Waals surface area contributed by atoms with Crippen LogP contribution in [0.25, 0.3) is 0 Å². The molecule has 0 spiro atoms. The zero-order valence-corrected chi connectivity index (χ0v) is 17.1.